The maximum absolute atomic E-state index is 12.3. The van der Waals surface area contributed by atoms with E-state index in [9.17, 15) is 9.59 Å². The topological polar surface area (TPSA) is 109 Å². The molecule has 0 aliphatic carbocycles. The maximum atomic E-state index is 12.3. The van der Waals surface area contributed by atoms with Crippen LogP contribution >= 0.6 is 11.6 Å². The highest BCUT2D eigenvalue weighted by molar-refractivity contribution is 6.31. The zero-order valence-electron chi connectivity index (χ0n) is 15.2. The molecule has 144 valence electrons. The van der Waals surface area contributed by atoms with E-state index in [-0.39, 0.29) is 28.9 Å². The molecule has 0 saturated heterocycles. The van der Waals surface area contributed by atoms with Crippen LogP contribution < -0.4 is 15.4 Å². The molecule has 1 aromatic carbocycles. The molecule has 2 heterocycles. The zero-order chi connectivity index (χ0) is 20.3. The first kappa shape index (κ1) is 19.4. The molecule has 0 atom stereocenters. The van der Waals surface area contributed by atoms with Crippen molar-refractivity contribution in [2.75, 3.05) is 5.32 Å². The van der Waals surface area contributed by atoms with Crippen LogP contribution in [0.15, 0.2) is 43.1 Å². The number of carbonyl (C=O) groups is 2. The maximum Gasteiger partial charge on any atom is 0.258 e. The normalized spacial score (nSPS) is 10.7. The Hall–Kier alpha value is -3.39. The fourth-order valence-corrected chi connectivity index (χ4v) is 2.58. The lowest BCUT2D eigenvalue weighted by molar-refractivity contribution is -0.111. The largest absolute Gasteiger partial charge is 0.436 e. The number of nitrogens with one attached hydrogen (secondary N) is 3. The molecule has 3 aromatic rings. The molecule has 3 rings (SSSR count). The van der Waals surface area contributed by atoms with Crippen LogP contribution in [-0.2, 0) is 4.79 Å². The second-order valence-electron chi connectivity index (χ2n) is 6.17. The Bertz CT molecular complexity index is 1060. The van der Waals surface area contributed by atoms with E-state index in [0.717, 1.165) is 0 Å². The average Bonchev–Trinajstić information content (AvgIpc) is 3.04. The van der Waals surface area contributed by atoms with Crippen LogP contribution in [0.5, 0.6) is 11.6 Å². The van der Waals surface area contributed by atoms with Crippen molar-refractivity contribution in [2.45, 2.75) is 19.9 Å². The highest BCUT2D eigenvalue weighted by Crippen LogP contribution is 2.30. The molecule has 3 N–H and O–H groups in total. The van der Waals surface area contributed by atoms with Gasteiger partial charge in [0.05, 0.1) is 5.56 Å². The summed E-state index contributed by atoms with van der Waals surface area (Å²) >= 11 is 6.17. The Kier molecular flexibility index (Phi) is 5.60. The van der Waals surface area contributed by atoms with Gasteiger partial charge in [-0.25, -0.2) is 9.97 Å². The standard InChI is InChI=1S/C19H18ClN5O3/c1-4-14(26)23-11-6-5-7-12(8-11)28-19-16(20)25-17-15(24-19)13(9-21-17)18(27)22-10(2)3/h4-10H,1H2,2-3H3,(H,21,25)(H,22,27)(H,23,26). The predicted molar refractivity (Wildman–Crippen MR) is 107 cm³/mol. The van der Waals surface area contributed by atoms with E-state index < -0.39 is 0 Å². The summed E-state index contributed by atoms with van der Waals surface area (Å²) in [5.41, 5.74) is 1.57. The number of anilines is 1. The summed E-state index contributed by atoms with van der Waals surface area (Å²) in [6.07, 6.45) is 2.69. The Balaban J connectivity index is 1.92. The Morgan fingerprint density at radius 3 is 2.82 bits per heavy atom. The number of hydrogen-bond acceptors (Lipinski definition) is 5. The van der Waals surface area contributed by atoms with Crippen molar-refractivity contribution >= 4 is 40.3 Å². The molecule has 8 nitrogen and oxygen atoms in total. The Morgan fingerprint density at radius 2 is 2.11 bits per heavy atom. The second kappa shape index (κ2) is 8.10. The monoisotopic (exact) mass is 399 g/mol. The minimum absolute atomic E-state index is 0.0260. The minimum Gasteiger partial charge on any atom is -0.436 e. The van der Waals surface area contributed by atoms with Gasteiger partial charge in [-0.3, -0.25) is 9.59 Å². The highest BCUT2D eigenvalue weighted by atomic mass is 35.5. The molecule has 0 unspecified atom stereocenters. The number of aromatic nitrogens is 3. The van der Waals surface area contributed by atoms with Gasteiger partial charge in [0.1, 0.15) is 11.3 Å². The number of H-pyrrole nitrogens is 1. The smallest absolute Gasteiger partial charge is 0.258 e. The fourth-order valence-electron chi connectivity index (χ4n) is 2.42. The first-order valence-corrected chi connectivity index (χ1v) is 8.82. The third kappa shape index (κ3) is 4.29. The van der Waals surface area contributed by atoms with Gasteiger partial charge in [-0.2, -0.15) is 0 Å². The van der Waals surface area contributed by atoms with Gasteiger partial charge in [-0.15, -0.1) is 0 Å². The molecule has 0 spiro atoms. The van der Waals surface area contributed by atoms with E-state index >= 15 is 0 Å². The van der Waals surface area contributed by atoms with Gasteiger partial charge in [-0.1, -0.05) is 24.2 Å². The van der Waals surface area contributed by atoms with Gasteiger partial charge in [0.2, 0.25) is 5.91 Å². The minimum atomic E-state index is -0.343. The van der Waals surface area contributed by atoms with Crippen molar-refractivity contribution in [3.05, 3.63) is 53.8 Å². The summed E-state index contributed by atoms with van der Waals surface area (Å²) in [7, 11) is 0. The molecule has 0 saturated carbocycles. The van der Waals surface area contributed by atoms with Crippen LogP contribution in [0.1, 0.15) is 24.2 Å². The number of carbonyl (C=O) groups excluding carboxylic acids is 2. The SMILES string of the molecule is C=CC(=O)Nc1cccc(Oc2nc3c(C(=O)NC(C)C)c[nH]c3nc2Cl)c1. The molecule has 0 radical (unpaired) electrons. The molecule has 0 bridgehead atoms. The molecule has 28 heavy (non-hydrogen) atoms. The first-order valence-electron chi connectivity index (χ1n) is 8.44. The van der Waals surface area contributed by atoms with Gasteiger partial charge in [-0.05, 0) is 32.1 Å². The molecule has 2 aromatic heterocycles. The van der Waals surface area contributed by atoms with Crippen LogP contribution in [0.25, 0.3) is 11.2 Å². The molecule has 0 aliphatic rings. The molecule has 0 fully saturated rings. The van der Waals surface area contributed by atoms with Crippen molar-refractivity contribution in [1.82, 2.24) is 20.3 Å². The number of benzene rings is 1. The summed E-state index contributed by atoms with van der Waals surface area (Å²) < 4.78 is 5.73. The van der Waals surface area contributed by atoms with Crippen LogP contribution in [0, 0.1) is 0 Å². The predicted octanol–water partition coefficient (Wildman–Crippen LogP) is 3.67. The third-order valence-corrected chi connectivity index (χ3v) is 3.84. The Morgan fingerprint density at radius 1 is 1.32 bits per heavy atom. The summed E-state index contributed by atoms with van der Waals surface area (Å²) in [4.78, 5) is 35.2. The van der Waals surface area contributed by atoms with E-state index in [2.05, 4.69) is 32.2 Å². The lowest BCUT2D eigenvalue weighted by Gasteiger charge is -2.09. The highest BCUT2D eigenvalue weighted by Gasteiger charge is 2.18. The van der Waals surface area contributed by atoms with Crippen molar-refractivity contribution in [1.29, 1.82) is 0 Å². The number of rotatable bonds is 6. The van der Waals surface area contributed by atoms with E-state index in [1.165, 1.54) is 12.3 Å². The van der Waals surface area contributed by atoms with Crippen LogP contribution in [0.3, 0.4) is 0 Å². The van der Waals surface area contributed by atoms with Gasteiger partial charge in [0, 0.05) is 24.0 Å². The summed E-state index contributed by atoms with van der Waals surface area (Å²) in [6.45, 7) is 7.13. The first-order chi connectivity index (χ1) is 13.4. The molecule has 2 amide bonds. The quantitative estimate of drug-likeness (QED) is 0.548. The van der Waals surface area contributed by atoms with Gasteiger partial charge >= 0.3 is 0 Å². The molecule has 9 heteroatoms. The van der Waals surface area contributed by atoms with E-state index in [0.29, 0.717) is 28.2 Å². The lowest BCUT2D eigenvalue weighted by atomic mass is 10.2. The van der Waals surface area contributed by atoms with E-state index in [1.807, 2.05) is 13.8 Å². The van der Waals surface area contributed by atoms with Crippen LogP contribution in [-0.4, -0.2) is 32.8 Å². The fraction of sp³-hybridized carbons (Fsp3) is 0.158. The van der Waals surface area contributed by atoms with E-state index in [1.54, 1.807) is 24.3 Å². The number of aromatic amines is 1. The molecular formula is C19H18ClN5O3. The van der Waals surface area contributed by atoms with Gasteiger partial charge < -0.3 is 20.4 Å². The second-order valence-corrected chi connectivity index (χ2v) is 6.53. The average molecular weight is 400 g/mol. The molecular weight excluding hydrogens is 382 g/mol. The number of amides is 2. The van der Waals surface area contributed by atoms with Gasteiger partial charge in [0.25, 0.3) is 11.8 Å². The van der Waals surface area contributed by atoms with Crippen molar-refractivity contribution in [2.24, 2.45) is 0 Å². The number of ether oxygens (including phenoxy) is 1. The third-order valence-electron chi connectivity index (χ3n) is 3.60. The zero-order valence-corrected chi connectivity index (χ0v) is 16.0. The van der Waals surface area contributed by atoms with Crippen molar-refractivity contribution < 1.29 is 14.3 Å². The Labute approximate surface area is 166 Å². The van der Waals surface area contributed by atoms with Crippen LogP contribution in [0.2, 0.25) is 5.15 Å². The number of halogens is 1. The summed E-state index contributed by atoms with van der Waals surface area (Å²) in [5, 5.41) is 5.47. The van der Waals surface area contributed by atoms with E-state index in [4.69, 9.17) is 16.3 Å². The summed E-state index contributed by atoms with van der Waals surface area (Å²) in [6, 6.07) is 6.65. The lowest BCUT2D eigenvalue weighted by Crippen LogP contribution is -2.29. The van der Waals surface area contributed by atoms with Crippen molar-refractivity contribution in [3.8, 4) is 11.6 Å². The number of fused-ring (bicyclic) bond motifs is 1. The van der Waals surface area contributed by atoms with Crippen molar-refractivity contribution in [3.63, 3.8) is 0 Å². The number of nitrogens with zero attached hydrogens (tertiary/aromatic N) is 2. The van der Waals surface area contributed by atoms with Gasteiger partial charge in [0.15, 0.2) is 10.8 Å². The molecule has 0 aliphatic heterocycles. The number of hydrogen-bond donors (Lipinski definition) is 3. The summed E-state index contributed by atoms with van der Waals surface area (Å²) in [5.74, 6) is -0.192. The van der Waals surface area contributed by atoms with Crippen LogP contribution in [0.4, 0.5) is 5.69 Å².